The van der Waals surface area contributed by atoms with Gasteiger partial charge in [-0.1, -0.05) is 36.4 Å². The summed E-state index contributed by atoms with van der Waals surface area (Å²) in [4.78, 5) is 38.0. The Balaban J connectivity index is 1.49. The van der Waals surface area contributed by atoms with E-state index in [0.29, 0.717) is 17.7 Å². The molecule has 4 rings (SSSR count). The molecule has 3 amide bonds. The Morgan fingerprint density at radius 2 is 1.50 bits per heavy atom. The first kappa shape index (κ1) is 23.2. The van der Waals surface area contributed by atoms with Gasteiger partial charge in [-0.05, 0) is 59.5 Å². The fourth-order valence-corrected chi connectivity index (χ4v) is 3.93. The largest absolute Gasteiger partial charge is 0.497 e. The van der Waals surface area contributed by atoms with E-state index >= 15 is 0 Å². The van der Waals surface area contributed by atoms with Gasteiger partial charge in [0.15, 0.2) is 0 Å². The fourth-order valence-electron chi connectivity index (χ4n) is 3.93. The van der Waals surface area contributed by atoms with Crippen LogP contribution in [0.25, 0.3) is 0 Å². The van der Waals surface area contributed by atoms with E-state index in [0.717, 1.165) is 16.7 Å². The minimum absolute atomic E-state index is 0.171. The Kier molecular flexibility index (Phi) is 7.01. The first-order valence-electron chi connectivity index (χ1n) is 11.0. The molecule has 0 bridgehead atoms. The van der Waals surface area contributed by atoms with Gasteiger partial charge in [-0.3, -0.25) is 19.3 Å². The summed E-state index contributed by atoms with van der Waals surface area (Å²) in [7, 11) is 1.59. The quantitative estimate of drug-likeness (QED) is 0.512. The number of ether oxygens (including phenoxy) is 1. The van der Waals surface area contributed by atoms with Gasteiger partial charge in [-0.25, -0.2) is 4.39 Å². The van der Waals surface area contributed by atoms with Gasteiger partial charge < -0.3 is 10.1 Å². The van der Waals surface area contributed by atoms with E-state index in [1.54, 1.807) is 43.5 Å². The van der Waals surface area contributed by atoms with Crippen molar-refractivity contribution in [1.82, 2.24) is 10.2 Å². The van der Waals surface area contributed by atoms with Crippen LogP contribution in [0, 0.1) is 5.82 Å². The predicted octanol–water partition coefficient (Wildman–Crippen LogP) is 4.20. The molecular formula is C27H25FN2O4. The molecular weight excluding hydrogens is 435 g/mol. The van der Waals surface area contributed by atoms with Crippen LogP contribution in [0.2, 0.25) is 0 Å². The molecule has 1 saturated heterocycles. The van der Waals surface area contributed by atoms with Crippen molar-refractivity contribution >= 4 is 17.7 Å². The smallest absolute Gasteiger partial charge is 0.251 e. The van der Waals surface area contributed by atoms with Crippen molar-refractivity contribution < 1.29 is 23.5 Å². The van der Waals surface area contributed by atoms with Crippen LogP contribution in [0.4, 0.5) is 4.39 Å². The standard InChI is InChI=1S/C27H25FN2O4/c1-34-23-12-8-20(9-13-23)24(16-18-4-10-22(28)11-5-18)29-27(33)21-6-2-19(3-7-21)17-30-25(31)14-15-26(30)32/h2-13,24H,14-17H2,1H3,(H,29,33). The van der Waals surface area contributed by atoms with E-state index in [1.165, 1.54) is 17.0 Å². The molecule has 174 valence electrons. The maximum absolute atomic E-state index is 13.3. The number of carbonyl (C=O) groups is 3. The molecule has 1 heterocycles. The number of amides is 3. The van der Waals surface area contributed by atoms with Gasteiger partial charge in [-0.2, -0.15) is 0 Å². The molecule has 3 aromatic carbocycles. The second-order valence-corrected chi connectivity index (χ2v) is 8.20. The predicted molar refractivity (Wildman–Crippen MR) is 125 cm³/mol. The van der Waals surface area contributed by atoms with Crippen LogP contribution in [-0.2, 0) is 22.6 Å². The normalized spacial score (nSPS) is 14.2. The fraction of sp³-hybridized carbons (Fsp3) is 0.222. The summed E-state index contributed by atoms with van der Waals surface area (Å²) < 4.78 is 18.6. The van der Waals surface area contributed by atoms with Crippen LogP contribution in [0.1, 0.15) is 45.9 Å². The number of halogens is 1. The number of nitrogens with zero attached hydrogens (tertiary/aromatic N) is 1. The number of benzene rings is 3. The Morgan fingerprint density at radius 3 is 2.09 bits per heavy atom. The zero-order valence-corrected chi connectivity index (χ0v) is 18.8. The minimum Gasteiger partial charge on any atom is -0.497 e. The highest BCUT2D eigenvalue weighted by molar-refractivity contribution is 6.01. The van der Waals surface area contributed by atoms with E-state index in [-0.39, 0.29) is 49.0 Å². The molecule has 0 spiro atoms. The molecule has 0 saturated carbocycles. The van der Waals surface area contributed by atoms with Crippen molar-refractivity contribution in [3.8, 4) is 5.75 Å². The van der Waals surface area contributed by atoms with E-state index in [2.05, 4.69) is 5.32 Å². The molecule has 1 aliphatic rings. The Bertz CT molecular complexity index is 1160. The molecule has 1 unspecified atom stereocenters. The van der Waals surface area contributed by atoms with Crippen molar-refractivity contribution in [3.05, 3.63) is 101 Å². The maximum Gasteiger partial charge on any atom is 0.251 e. The number of carbonyl (C=O) groups excluding carboxylic acids is 3. The van der Waals surface area contributed by atoms with Crippen molar-refractivity contribution in [2.75, 3.05) is 7.11 Å². The summed E-state index contributed by atoms with van der Waals surface area (Å²) >= 11 is 0. The lowest BCUT2D eigenvalue weighted by atomic mass is 9.98. The minimum atomic E-state index is -0.344. The monoisotopic (exact) mass is 460 g/mol. The lowest BCUT2D eigenvalue weighted by molar-refractivity contribution is -0.139. The summed E-state index contributed by atoms with van der Waals surface area (Å²) in [5.41, 5.74) is 3.01. The molecule has 7 heteroatoms. The third-order valence-electron chi connectivity index (χ3n) is 5.89. The Morgan fingerprint density at radius 1 is 0.912 bits per heavy atom. The number of rotatable bonds is 8. The average Bonchev–Trinajstić information content (AvgIpc) is 3.17. The number of methoxy groups -OCH3 is 1. The van der Waals surface area contributed by atoms with Crippen molar-refractivity contribution in [2.24, 2.45) is 0 Å². The zero-order valence-electron chi connectivity index (χ0n) is 18.8. The number of likely N-dealkylation sites (tertiary alicyclic amines) is 1. The Labute approximate surface area is 197 Å². The topological polar surface area (TPSA) is 75.7 Å². The summed E-state index contributed by atoms with van der Waals surface area (Å²) in [6, 6.07) is 20.1. The molecule has 1 fully saturated rings. The van der Waals surface area contributed by atoms with Crippen molar-refractivity contribution in [1.29, 1.82) is 0 Å². The van der Waals surface area contributed by atoms with Crippen LogP contribution in [-0.4, -0.2) is 29.7 Å². The van der Waals surface area contributed by atoms with E-state index < -0.39 is 0 Å². The van der Waals surface area contributed by atoms with Crippen LogP contribution in [0.5, 0.6) is 5.75 Å². The lowest BCUT2D eigenvalue weighted by Gasteiger charge is -2.20. The molecule has 0 aliphatic carbocycles. The second kappa shape index (κ2) is 10.3. The summed E-state index contributed by atoms with van der Waals surface area (Å²) in [6.45, 7) is 0.207. The van der Waals surface area contributed by atoms with Gasteiger partial charge in [0, 0.05) is 18.4 Å². The highest BCUT2D eigenvalue weighted by atomic mass is 19.1. The van der Waals surface area contributed by atoms with E-state index in [9.17, 15) is 18.8 Å². The molecule has 1 atom stereocenters. The third kappa shape index (κ3) is 5.49. The van der Waals surface area contributed by atoms with Crippen molar-refractivity contribution in [2.45, 2.75) is 31.8 Å². The highest BCUT2D eigenvalue weighted by Gasteiger charge is 2.28. The average molecular weight is 461 g/mol. The summed E-state index contributed by atoms with van der Waals surface area (Å²) in [6.07, 6.45) is 0.982. The maximum atomic E-state index is 13.3. The first-order valence-corrected chi connectivity index (χ1v) is 11.0. The third-order valence-corrected chi connectivity index (χ3v) is 5.89. The van der Waals surface area contributed by atoms with Gasteiger partial charge in [-0.15, -0.1) is 0 Å². The molecule has 6 nitrogen and oxygen atoms in total. The van der Waals surface area contributed by atoms with Crippen LogP contribution in [0.3, 0.4) is 0 Å². The number of hydrogen-bond acceptors (Lipinski definition) is 4. The van der Waals surface area contributed by atoms with Gasteiger partial charge >= 0.3 is 0 Å². The molecule has 3 aromatic rings. The van der Waals surface area contributed by atoms with Gasteiger partial charge in [0.2, 0.25) is 11.8 Å². The molecule has 1 aliphatic heterocycles. The second-order valence-electron chi connectivity index (χ2n) is 8.20. The first-order chi connectivity index (χ1) is 16.4. The van der Waals surface area contributed by atoms with E-state index in [4.69, 9.17) is 4.74 Å². The van der Waals surface area contributed by atoms with Crippen LogP contribution < -0.4 is 10.1 Å². The van der Waals surface area contributed by atoms with E-state index in [1.807, 2.05) is 24.3 Å². The summed E-state index contributed by atoms with van der Waals surface area (Å²) in [5, 5.41) is 3.06. The lowest BCUT2D eigenvalue weighted by Crippen LogP contribution is -2.30. The van der Waals surface area contributed by atoms with Crippen LogP contribution >= 0.6 is 0 Å². The Hall–Kier alpha value is -4.00. The van der Waals surface area contributed by atoms with Crippen LogP contribution in [0.15, 0.2) is 72.8 Å². The summed E-state index contributed by atoms with van der Waals surface area (Å²) in [5.74, 6) is -0.208. The molecule has 1 N–H and O–H groups in total. The molecule has 34 heavy (non-hydrogen) atoms. The number of nitrogens with one attached hydrogen (secondary N) is 1. The van der Waals surface area contributed by atoms with Gasteiger partial charge in [0.05, 0.1) is 19.7 Å². The number of hydrogen-bond donors (Lipinski definition) is 1. The zero-order chi connectivity index (χ0) is 24.1. The number of imide groups is 1. The van der Waals surface area contributed by atoms with Gasteiger partial charge in [0.1, 0.15) is 11.6 Å². The highest BCUT2D eigenvalue weighted by Crippen LogP contribution is 2.23. The molecule has 0 radical (unpaired) electrons. The van der Waals surface area contributed by atoms with Gasteiger partial charge in [0.25, 0.3) is 5.91 Å². The molecule has 0 aromatic heterocycles. The SMILES string of the molecule is COc1ccc(C(Cc2ccc(F)cc2)NC(=O)c2ccc(CN3C(=O)CCC3=O)cc2)cc1. The van der Waals surface area contributed by atoms with Crippen molar-refractivity contribution in [3.63, 3.8) is 0 Å².